The van der Waals surface area contributed by atoms with Crippen molar-refractivity contribution >= 4 is 15.9 Å². The van der Waals surface area contributed by atoms with Crippen molar-refractivity contribution in [2.45, 2.75) is 30.8 Å². The molecule has 0 aliphatic rings. The molecule has 0 saturated heterocycles. The van der Waals surface area contributed by atoms with Gasteiger partial charge in [-0.3, -0.25) is 4.79 Å². The first-order valence-corrected chi connectivity index (χ1v) is 8.85. The van der Waals surface area contributed by atoms with Crippen molar-refractivity contribution in [3.8, 4) is 0 Å². The Morgan fingerprint density at radius 1 is 1.33 bits per heavy atom. The number of rotatable bonds is 8. The molecule has 1 aromatic carbocycles. The second-order valence-electron chi connectivity index (χ2n) is 5.33. The summed E-state index contributed by atoms with van der Waals surface area (Å²) < 4.78 is 40.9. The number of aromatic nitrogens is 2. The zero-order chi connectivity index (χ0) is 17.6. The SMILES string of the molecule is CC(Cn1ccnc1)NC(=O)CCNS(=O)(=O)c1ccc(F)cc1. The Hall–Kier alpha value is -2.26. The molecule has 1 heterocycles. The number of amides is 1. The van der Waals surface area contributed by atoms with Gasteiger partial charge in [-0.25, -0.2) is 22.5 Å². The van der Waals surface area contributed by atoms with Crippen molar-refractivity contribution in [2.24, 2.45) is 0 Å². The number of sulfonamides is 1. The Labute approximate surface area is 140 Å². The summed E-state index contributed by atoms with van der Waals surface area (Å²) in [7, 11) is -3.75. The number of benzene rings is 1. The fourth-order valence-corrected chi connectivity index (χ4v) is 3.13. The quantitative estimate of drug-likeness (QED) is 0.736. The van der Waals surface area contributed by atoms with E-state index in [9.17, 15) is 17.6 Å². The Morgan fingerprint density at radius 3 is 2.67 bits per heavy atom. The number of carbonyl (C=O) groups is 1. The van der Waals surface area contributed by atoms with Crippen LogP contribution >= 0.6 is 0 Å². The smallest absolute Gasteiger partial charge is 0.240 e. The number of hydrogen-bond donors (Lipinski definition) is 2. The summed E-state index contributed by atoms with van der Waals surface area (Å²) in [5.41, 5.74) is 0. The van der Waals surface area contributed by atoms with Gasteiger partial charge in [0.1, 0.15) is 5.82 Å². The van der Waals surface area contributed by atoms with Crippen LogP contribution in [0.3, 0.4) is 0 Å². The summed E-state index contributed by atoms with van der Waals surface area (Å²) in [6, 6.07) is 4.37. The average Bonchev–Trinajstić information content (AvgIpc) is 3.00. The van der Waals surface area contributed by atoms with Crippen LogP contribution < -0.4 is 10.0 Å². The van der Waals surface area contributed by atoms with Gasteiger partial charge >= 0.3 is 0 Å². The van der Waals surface area contributed by atoms with Crippen LogP contribution in [0.25, 0.3) is 0 Å². The molecule has 0 saturated carbocycles. The Bertz CT molecular complexity index is 761. The maximum Gasteiger partial charge on any atom is 0.240 e. The lowest BCUT2D eigenvalue weighted by Crippen LogP contribution is -2.37. The molecule has 0 radical (unpaired) electrons. The largest absolute Gasteiger partial charge is 0.352 e. The highest BCUT2D eigenvalue weighted by Crippen LogP contribution is 2.09. The summed E-state index contributed by atoms with van der Waals surface area (Å²) in [5.74, 6) is -0.773. The highest BCUT2D eigenvalue weighted by molar-refractivity contribution is 7.89. The van der Waals surface area contributed by atoms with E-state index in [0.29, 0.717) is 6.54 Å². The molecule has 2 aromatic rings. The highest BCUT2D eigenvalue weighted by Gasteiger charge is 2.14. The Morgan fingerprint density at radius 2 is 2.04 bits per heavy atom. The molecular weight excluding hydrogens is 335 g/mol. The average molecular weight is 354 g/mol. The second-order valence-corrected chi connectivity index (χ2v) is 7.10. The molecule has 1 atom stereocenters. The van der Waals surface area contributed by atoms with Crippen molar-refractivity contribution < 1.29 is 17.6 Å². The van der Waals surface area contributed by atoms with Gasteiger partial charge in [-0.2, -0.15) is 0 Å². The van der Waals surface area contributed by atoms with E-state index in [2.05, 4.69) is 15.0 Å². The maximum absolute atomic E-state index is 12.8. The van der Waals surface area contributed by atoms with Crippen LogP contribution in [-0.2, 0) is 21.4 Å². The summed E-state index contributed by atoms with van der Waals surface area (Å²) >= 11 is 0. The van der Waals surface area contributed by atoms with Gasteiger partial charge in [0.25, 0.3) is 0 Å². The minimum absolute atomic E-state index is 0.00862. The number of imidazole rings is 1. The van der Waals surface area contributed by atoms with E-state index in [1.54, 1.807) is 18.7 Å². The van der Waals surface area contributed by atoms with Crippen molar-refractivity contribution in [2.75, 3.05) is 6.54 Å². The summed E-state index contributed by atoms with van der Waals surface area (Å²) in [6.07, 6.45) is 5.10. The van der Waals surface area contributed by atoms with Crippen LogP contribution in [-0.4, -0.2) is 36.5 Å². The minimum Gasteiger partial charge on any atom is -0.352 e. The van der Waals surface area contributed by atoms with E-state index in [1.807, 2.05) is 11.5 Å². The molecule has 7 nitrogen and oxygen atoms in total. The van der Waals surface area contributed by atoms with E-state index < -0.39 is 15.8 Å². The van der Waals surface area contributed by atoms with Crippen LogP contribution in [0.15, 0.2) is 47.9 Å². The van der Waals surface area contributed by atoms with E-state index in [-0.39, 0.29) is 29.8 Å². The molecule has 9 heteroatoms. The number of hydrogen-bond acceptors (Lipinski definition) is 4. The number of halogens is 1. The summed E-state index contributed by atoms with van der Waals surface area (Å²) in [6.45, 7) is 2.39. The lowest BCUT2D eigenvalue weighted by Gasteiger charge is -2.14. The summed E-state index contributed by atoms with van der Waals surface area (Å²) in [4.78, 5) is 15.7. The van der Waals surface area contributed by atoms with Crippen LogP contribution in [0.2, 0.25) is 0 Å². The fourth-order valence-electron chi connectivity index (χ4n) is 2.10. The van der Waals surface area contributed by atoms with Gasteiger partial charge in [-0.05, 0) is 31.2 Å². The molecule has 130 valence electrons. The maximum atomic E-state index is 12.8. The van der Waals surface area contributed by atoms with Crippen LogP contribution in [0, 0.1) is 5.82 Å². The molecule has 1 unspecified atom stereocenters. The molecule has 24 heavy (non-hydrogen) atoms. The zero-order valence-electron chi connectivity index (χ0n) is 13.1. The molecule has 0 fully saturated rings. The fraction of sp³-hybridized carbons (Fsp3) is 0.333. The summed E-state index contributed by atoms with van der Waals surface area (Å²) in [5, 5.41) is 2.78. The standard InChI is InChI=1S/C15H19FN4O3S/c1-12(10-20-9-8-17-11-20)19-15(21)6-7-18-24(22,23)14-4-2-13(16)3-5-14/h2-5,8-9,11-12,18H,6-7,10H2,1H3,(H,19,21). The molecule has 1 amide bonds. The van der Waals surface area contributed by atoms with Gasteiger partial charge < -0.3 is 9.88 Å². The van der Waals surface area contributed by atoms with Gasteiger partial charge in [-0.1, -0.05) is 0 Å². The van der Waals surface area contributed by atoms with E-state index in [0.717, 1.165) is 12.1 Å². The monoisotopic (exact) mass is 354 g/mol. The van der Waals surface area contributed by atoms with Crippen molar-refractivity contribution in [3.05, 3.63) is 48.8 Å². The highest BCUT2D eigenvalue weighted by atomic mass is 32.2. The van der Waals surface area contributed by atoms with Crippen molar-refractivity contribution in [1.29, 1.82) is 0 Å². The lowest BCUT2D eigenvalue weighted by molar-refractivity contribution is -0.121. The molecule has 1 aromatic heterocycles. The van der Waals surface area contributed by atoms with Crippen molar-refractivity contribution in [3.63, 3.8) is 0 Å². The van der Waals surface area contributed by atoms with Gasteiger partial charge in [0.15, 0.2) is 0 Å². The van der Waals surface area contributed by atoms with Crippen LogP contribution in [0.4, 0.5) is 4.39 Å². The zero-order valence-corrected chi connectivity index (χ0v) is 14.0. The third kappa shape index (κ3) is 5.43. The molecule has 0 bridgehead atoms. The Balaban J connectivity index is 1.76. The van der Waals surface area contributed by atoms with Gasteiger partial charge in [0.05, 0.1) is 11.2 Å². The van der Waals surface area contributed by atoms with Crippen LogP contribution in [0.1, 0.15) is 13.3 Å². The van der Waals surface area contributed by atoms with E-state index >= 15 is 0 Å². The first-order chi connectivity index (χ1) is 11.4. The lowest BCUT2D eigenvalue weighted by atomic mass is 10.3. The molecular formula is C15H19FN4O3S. The molecule has 0 aliphatic heterocycles. The predicted octanol–water partition coefficient (Wildman–Crippen LogP) is 0.895. The van der Waals surface area contributed by atoms with Gasteiger partial charge in [0.2, 0.25) is 15.9 Å². The predicted molar refractivity (Wildman–Crippen MR) is 86.0 cm³/mol. The minimum atomic E-state index is -3.75. The number of nitrogens with zero attached hydrogens (tertiary/aromatic N) is 2. The first kappa shape index (κ1) is 18.1. The van der Waals surface area contributed by atoms with Crippen molar-refractivity contribution in [1.82, 2.24) is 19.6 Å². The number of nitrogens with one attached hydrogen (secondary N) is 2. The Kier molecular flexibility index (Phi) is 6.04. The van der Waals surface area contributed by atoms with Gasteiger partial charge in [-0.15, -0.1) is 0 Å². The first-order valence-electron chi connectivity index (χ1n) is 7.37. The molecule has 0 aliphatic carbocycles. The normalized spacial score (nSPS) is 12.8. The van der Waals surface area contributed by atoms with E-state index in [1.165, 1.54) is 12.1 Å². The van der Waals surface area contributed by atoms with Crippen LogP contribution in [0.5, 0.6) is 0 Å². The molecule has 0 spiro atoms. The number of carbonyl (C=O) groups excluding carboxylic acids is 1. The molecule has 2 rings (SSSR count). The van der Waals surface area contributed by atoms with E-state index in [4.69, 9.17) is 0 Å². The molecule has 2 N–H and O–H groups in total. The third-order valence-electron chi connectivity index (χ3n) is 3.22. The topological polar surface area (TPSA) is 93.1 Å². The second kappa shape index (κ2) is 8.02. The van der Waals surface area contributed by atoms with Gasteiger partial charge in [0, 0.05) is 37.9 Å². The third-order valence-corrected chi connectivity index (χ3v) is 4.70.